The van der Waals surface area contributed by atoms with E-state index in [0.29, 0.717) is 11.8 Å². The Balaban J connectivity index is 2.91. The van der Waals surface area contributed by atoms with E-state index in [-0.39, 0.29) is 0 Å². The molecule has 10 heavy (non-hydrogen) atoms. The van der Waals surface area contributed by atoms with Gasteiger partial charge in [0, 0.05) is 5.92 Å². The van der Waals surface area contributed by atoms with Crippen molar-refractivity contribution in [1.29, 1.82) is 0 Å². The predicted molar refractivity (Wildman–Crippen MR) is 38.5 cm³/mol. The van der Waals surface area contributed by atoms with Crippen LogP contribution in [0, 0.1) is 12.3 Å². The van der Waals surface area contributed by atoms with Crippen LogP contribution >= 0.6 is 0 Å². The summed E-state index contributed by atoms with van der Waals surface area (Å²) in [5.74, 6) is 3.89. The van der Waals surface area contributed by atoms with Gasteiger partial charge >= 0.3 is 0 Å². The maximum Gasteiger partial charge on any atom is 0.273 e. The number of oxazole rings is 1. The Morgan fingerprint density at radius 3 is 2.70 bits per heavy atom. The summed E-state index contributed by atoms with van der Waals surface area (Å²) < 4.78 is 5.15. The summed E-state index contributed by atoms with van der Waals surface area (Å²) in [5.41, 5.74) is 0. The van der Waals surface area contributed by atoms with Gasteiger partial charge in [-0.3, -0.25) is 0 Å². The van der Waals surface area contributed by atoms with Crippen LogP contribution in [0.4, 0.5) is 0 Å². The molecule has 0 spiro atoms. The molecular formula is C8H9NO. The number of hydrogen-bond donors (Lipinski definition) is 0. The van der Waals surface area contributed by atoms with E-state index < -0.39 is 0 Å². The molecule has 0 radical (unpaired) electrons. The van der Waals surface area contributed by atoms with Crippen LogP contribution in [-0.2, 0) is 0 Å². The number of terminal acetylenes is 1. The normalized spacial score (nSPS) is 9.80. The molecule has 0 aliphatic heterocycles. The predicted octanol–water partition coefficient (Wildman–Crippen LogP) is 1.78. The topological polar surface area (TPSA) is 26.0 Å². The van der Waals surface area contributed by atoms with E-state index in [1.807, 2.05) is 13.8 Å². The first kappa shape index (κ1) is 6.88. The number of aromatic nitrogens is 1. The summed E-state index contributed by atoms with van der Waals surface area (Å²) in [6, 6.07) is 0. The Bertz CT molecular complexity index is 254. The van der Waals surface area contributed by atoms with Gasteiger partial charge in [0.25, 0.3) is 5.89 Å². The number of hydrogen-bond acceptors (Lipinski definition) is 2. The highest BCUT2D eigenvalue weighted by Crippen LogP contribution is 2.13. The van der Waals surface area contributed by atoms with Crippen LogP contribution < -0.4 is 0 Å². The van der Waals surface area contributed by atoms with E-state index in [0.717, 1.165) is 5.76 Å². The third-order valence-corrected chi connectivity index (χ3v) is 1.22. The first-order valence-electron chi connectivity index (χ1n) is 3.16. The van der Waals surface area contributed by atoms with Crippen LogP contribution in [-0.4, -0.2) is 4.98 Å². The fraction of sp³-hybridized carbons (Fsp3) is 0.375. The zero-order valence-electron chi connectivity index (χ0n) is 6.09. The van der Waals surface area contributed by atoms with E-state index in [2.05, 4.69) is 10.9 Å². The third kappa shape index (κ3) is 1.19. The van der Waals surface area contributed by atoms with Crippen molar-refractivity contribution in [3.63, 3.8) is 0 Å². The van der Waals surface area contributed by atoms with Crippen molar-refractivity contribution in [3.8, 4) is 12.3 Å². The molecule has 1 heterocycles. The molecule has 52 valence electrons. The van der Waals surface area contributed by atoms with Gasteiger partial charge in [-0.1, -0.05) is 13.8 Å². The largest absolute Gasteiger partial charge is 0.435 e. The monoisotopic (exact) mass is 135 g/mol. The lowest BCUT2D eigenvalue weighted by atomic mass is 10.2. The van der Waals surface area contributed by atoms with Crippen LogP contribution in [0.5, 0.6) is 0 Å². The van der Waals surface area contributed by atoms with Gasteiger partial charge in [-0.25, -0.2) is 4.98 Å². The van der Waals surface area contributed by atoms with Crippen molar-refractivity contribution in [1.82, 2.24) is 4.98 Å². The summed E-state index contributed by atoms with van der Waals surface area (Å²) in [6.45, 7) is 4.06. The average Bonchev–Trinajstić information content (AvgIpc) is 2.34. The summed E-state index contributed by atoms with van der Waals surface area (Å²) in [6.07, 6.45) is 6.72. The van der Waals surface area contributed by atoms with E-state index in [9.17, 15) is 0 Å². The van der Waals surface area contributed by atoms with Gasteiger partial charge in [0.1, 0.15) is 5.76 Å². The molecule has 2 nitrogen and oxygen atoms in total. The molecule has 0 fully saturated rings. The van der Waals surface area contributed by atoms with Gasteiger partial charge in [-0.2, -0.15) is 0 Å². The van der Waals surface area contributed by atoms with Gasteiger partial charge in [0.05, 0.1) is 6.20 Å². The minimum atomic E-state index is 0.356. The minimum absolute atomic E-state index is 0.356. The van der Waals surface area contributed by atoms with Crippen molar-refractivity contribution in [2.24, 2.45) is 0 Å². The molecule has 0 aromatic carbocycles. The summed E-state index contributed by atoms with van der Waals surface area (Å²) in [4.78, 5) is 3.85. The second kappa shape index (κ2) is 2.57. The lowest BCUT2D eigenvalue weighted by molar-refractivity contribution is 0.472. The van der Waals surface area contributed by atoms with Crippen molar-refractivity contribution in [3.05, 3.63) is 17.8 Å². The zero-order valence-corrected chi connectivity index (χ0v) is 6.09. The van der Waals surface area contributed by atoms with Crippen molar-refractivity contribution in [2.75, 3.05) is 0 Å². The molecule has 0 unspecified atom stereocenters. The van der Waals surface area contributed by atoms with Crippen LogP contribution in [0.3, 0.4) is 0 Å². The van der Waals surface area contributed by atoms with Crippen molar-refractivity contribution in [2.45, 2.75) is 19.8 Å². The van der Waals surface area contributed by atoms with E-state index >= 15 is 0 Å². The standard InChI is InChI=1S/C8H9NO/c1-4-8-9-5-7(10-8)6(2)3/h1,5-6H,2-3H3. The minimum Gasteiger partial charge on any atom is -0.435 e. The Hall–Kier alpha value is -1.23. The second-order valence-electron chi connectivity index (χ2n) is 2.37. The molecule has 0 bridgehead atoms. The Kier molecular flexibility index (Phi) is 1.77. The summed E-state index contributed by atoms with van der Waals surface area (Å²) in [7, 11) is 0. The van der Waals surface area contributed by atoms with Crippen LogP contribution in [0.1, 0.15) is 31.4 Å². The Morgan fingerprint density at radius 2 is 2.40 bits per heavy atom. The van der Waals surface area contributed by atoms with Gasteiger partial charge in [0.2, 0.25) is 0 Å². The van der Waals surface area contributed by atoms with E-state index in [1.165, 1.54) is 0 Å². The number of rotatable bonds is 1. The maximum absolute atomic E-state index is 5.15. The van der Waals surface area contributed by atoms with Crippen LogP contribution in [0.15, 0.2) is 10.6 Å². The molecule has 0 N–H and O–H groups in total. The molecule has 1 aromatic rings. The first-order chi connectivity index (χ1) is 4.74. The van der Waals surface area contributed by atoms with Crippen LogP contribution in [0.25, 0.3) is 0 Å². The molecule has 0 aliphatic rings. The fourth-order valence-corrected chi connectivity index (χ4v) is 0.620. The molecule has 0 saturated carbocycles. The SMILES string of the molecule is C#Cc1ncc(C(C)C)o1. The highest BCUT2D eigenvalue weighted by molar-refractivity contribution is 5.14. The molecule has 0 saturated heterocycles. The molecular weight excluding hydrogens is 126 g/mol. The smallest absolute Gasteiger partial charge is 0.273 e. The van der Waals surface area contributed by atoms with Crippen LogP contribution in [0.2, 0.25) is 0 Å². The fourth-order valence-electron chi connectivity index (χ4n) is 0.620. The quantitative estimate of drug-likeness (QED) is 0.548. The molecule has 0 aliphatic carbocycles. The highest BCUT2D eigenvalue weighted by atomic mass is 16.4. The third-order valence-electron chi connectivity index (χ3n) is 1.22. The summed E-state index contributed by atoms with van der Waals surface area (Å²) >= 11 is 0. The van der Waals surface area contributed by atoms with Gasteiger partial charge in [0.15, 0.2) is 0 Å². The molecule has 2 heteroatoms. The van der Waals surface area contributed by atoms with Gasteiger partial charge < -0.3 is 4.42 Å². The Morgan fingerprint density at radius 1 is 1.70 bits per heavy atom. The van der Waals surface area contributed by atoms with Gasteiger partial charge in [-0.15, -0.1) is 6.42 Å². The lowest BCUT2D eigenvalue weighted by Crippen LogP contribution is -1.80. The first-order valence-corrected chi connectivity index (χ1v) is 3.16. The average molecular weight is 135 g/mol. The highest BCUT2D eigenvalue weighted by Gasteiger charge is 2.04. The molecule has 0 amide bonds. The van der Waals surface area contributed by atoms with Crippen molar-refractivity contribution < 1.29 is 4.42 Å². The zero-order chi connectivity index (χ0) is 7.56. The van der Waals surface area contributed by atoms with Gasteiger partial charge in [-0.05, 0) is 5.92 Å². The maximum atomic E-state index is 5.15. The molecule has 1 rings (SSSR count). The second-order valence-corrected chi connectivity index (χ2v) is 2.37. The van der Waals surface area contributed by atoms with E-state index in [4.69, 9.17) is 10.8 Å². The molecule has 0 atom stereocenters. The number of nitrogens with zero attached hydrogens (tertiary/aromatic N) is 1. The lowest BCUT2D eigenvalue weighted by Gasteiger charge is -1.94. The van der Waals surface area contributed by atoms with Crippen molar-refractivity contribution >= 4 is 0 Å². The molecule has 1 aromatic heterocycles. The van der Waals surface area contributed by atoms with E-state index in [1.54, 1.807) is 6.20 Å². The summed E-state index contributed by atoms with van der Waals surface area (Å²) in [5, 5.41) is 0. The Labute approximate surface area is 60.3 Å².